The van der Waals surface area contributed by atoms with Crippen LogP contribution in [0.1, 0.15) is 6.42 Å². The summed E-state index contributed by atoms with van der Waals surface area (Å²) < 4.78 is 0. The lowest BCUT2D eigenvalue weighted by Crippen LogP contribution is -1.98. The van der Waals surface area contributed by atoms with E-state index in [1.807, 2.05) is 12.2 Å². The predicted molar refractivity (Wildman–Crippen MR) is 36.9 cm³/mol. The SMILES string of the molecule is ON=C1CC=CC=C1Cl. The molecule has 0 atom stereocenters. The summed E-state index contributed by atoms with van der Waals surface area (Å²) in [6.07, 6.45) is 6.02. The summed E-state index contributed by atoms with van der Waals surface area (Å²) in [5, 5.41) is 11.8. The second-order valence-corrected chi connectivity index (χ2v) is 2.10. The largest absolute Gasteiger partial charge is 0.411 e. The molecule has 0 heterocycles. The molecule has 0 spiro atoms. The molecule has 0 unspecified atom stereocenters. The lowest BCUT2D eigenvalue weighted by Gasteiger charge is -2.00. The average Bonchev–Trinajstić information content (AvgIpc) is 1.89. The second kappa shape index (κ2) is 2.69. The number of hydrogen-bond acceptors (Lipinski definition) is 2. The number of halogens is 1. The Morgan fingerprint density at radius 2 is 2.44 bits per heavy atom. The van der Waals surface area contributed by atoms with Crippen LogP contribution in [0, 0.1) is 0 Å². The van der Waals surface area contributed by atoms with Crippen molar-refractivity contribution in [2.75, 3.05) is 0 Å². The smallest absolute Gasteiger partial charge is 0.102 e. The first-order valence-electron chi connectivity index (χ1n) is 2.58. The molecule has 1 rings (SSSR count). The van der Waals surface area contributed by atoms with Gasteiger partial charge in [0.15, 0.2) is 0 Å². The van der Waals surface area contributed by atoms with Crippen LogP contribution in [0.15, 0.2) is 28.4 Å². The molecule has 0 amide bonds. The molecule has 1 aliphatic rings. The normalized spacial score (nSPS) is 22.3. The Labute approximate surface area is 58.1 Å². The molecule has 0 radical (unpaired) electrons. The van der Waals surface area contributed by atoms with Crippen LogP contribution in [0.25, 0.3) is 0 Å². The third-order valence-corrected chi connectivity index (χ3v) is 1.43. The van der Waals surface area contributed by atoms with Crippen LogP contribution >= 0.6 is 11.6 Å². The van der Waals surface area contributed by atoms with Gasteiger partial charge in [-0.1, -0.05) is 28.9 Å². The Morgan fingerprint density at radius 1 is 1.67 bits per heavy atom. The van der Waals surface area contributed by atoms with Crippen LogP contribution in [0.2, 0.25) is 0 Å². The van der Waals surface area contributed by atoms with Gasteiger partial charge in [0.05, 0.1) is 5.03 Å². The van der Waals surface area contributed by atoms with Crippen molar-refractivity contribution in [1.82, 2.24) is 0 Å². The average molecular weight is 144 g/mol. The first-order chi connectivity index (χ1) is 4.34. The van der Waals surface area contributed by atoms with Gasteiger partial charge in [-0.25, -0.2) is 0 Å². The first kappa shape index (κ1) is 6.36. The lowest BCUT2D eigenvalue weighted by atomic mass is 10.1. The molecule has 3 heteroatoms. The maximum Gasteiger partial charge on any atom is 0.102 e. The minimum absolute atomic E-state index is 0.514. The summed E-state index contributed by atoms with van der Waals surface area (Å²) in [6, 6.07) is 0. The van der Waals surface area contributed by atoms with Crippen LogP contribution in [0.3, 0.4) is 0 Å². The van der Waals surface area contributed by atoms with Crippen molar-refractivity contribution in [3.8, 4) is 0 Å². The molecular weight excluding hydrogens is 138 g/mol. The van der Waals surface area contributed by atoms with E-state index in [4.69, 9.17) is 16.8 Å². The van der Waals surface area contributed by atoms with Crippen LogP contribution in [0.4, 0.5) is 0 Å². The molecule has 0 aromatic heterocycles. The van der Waals surface area contributed by atoms with E-state index < -0.39 is 0 Å². The number of hydrogen-bond donors (Lipinski definition) is 1. The van der Waals surface area contributed by atoms with Gasteiger partial charge in [-0.05, 0) is 6.08 Å². The van der Waals surface area contributed by atoms with Crippen molar-refractivity contribution in [1.29, 1.82) is 0 Å². The third kappa shape index (κ3) is 1.33. The highest BCUT2D eigenvalue weighted by molar-refractivity contribution is 6.43. The van der Waals surface area contributed by atoms with Gasteiger partial charge in [-0.3, -0.25) is 0 Å². The van der Waals surface area contributed by atoms with Crippen molar-refractivity contribution in [2.24, 2.45) is 5.16 Å². The van der Waals surface area contributed by atoms with E-state index in [1.54, 1.807) is 6.08 Å². The summed E-state index contributed by atoms with van der Waals surface area (Å²) in [7, 11) is 0. The zero-order valence-electron chi connectivity index (χ0n) is 4.71. The standard InChI is InChI=1S/C6H6ClNO/c7-5-3-1-2-4-6(5)8-9/h1-3,9H,4H2. The van der Waals surface area contributed by atoms with Crippen LogP contribution in [0.5, 0.6) is 0 Å². The maximum atomic E-state index is 8.29. The number of allylic oxidation sites excluding steroid dienone is 4. The Hall–Kier alpha value is -0.760. The van der Waals surface area contributed by atoms with Crippen molar-refractivity contribution in [2.45, 2.75) is 6.42 Å². The van der Waals surface area contributed by atoms with E-state index in [1.165, 1.54) is 0 Å². The van der Waals surface area contributed by atoms with Crippen LogP contribution in [-0.2, 0) is 0 Å². The highest BCUT2D eigenvalue weighted by Gasteiger charge is 2.04. The zero-order valence-corrected chi connectivity index (χ0v) is 5.47. The van der Waals surface area contributed by atoms with Gasteiger partial charge in [0, 0.05) is 6.42 Å². The Bertz CT molecular complexity index is 193. The molecule has 9 heavy (non-hydrogen) atoms. The highest BCUT2D eigenvalue weighted by atomic mass is 35.5. The minimum Gasteiger partial charge on any atom is -0.411 e. The fourth-order valence-corrected chi connectivity index (χ4v) is 0.802. The van der Waals surface area contributed by atoms with E-state index in [0.29, 0.717) is 17.2 Å². The van der Waals surface area contributed by atoms with Gasteiger partial charge in [-0.15, -0.1) is 0 Å². The van der Waals surface area contributed by atoms with Crippen LogP contribution < -0.4 is 0 Å². The highest BCUT2D eigenvalue weighted by Crippen LogP contribution is 2.12. The van der Waals surface area contributed by atoms with E-state index in [9.17, 15) is 0 Å². The second-order valence-electron chi connectivity index (χ2n) is 1.69. The van der Waals surface area contributed by atoms with Crippen molar-refractivity contribution >= 4 is 17.3 Å². The topological polar surface area (TPSA) is 32.6 Å². The Morgan fingerprint density at radius 3 is 2.89 bits per heavy atom. The van der Waals surface area contributed by atoms with Crippen molar-refractivity contribution < 1.29 is 5.21 Å². The van der Waals surface area contributed by atoms with Crippen molar-refractivity contribution in [3.05, 3.63) is 23.3 Å². The molecule has 0 saturated heterocycles. The third-order valence-electron chi connectivity index (χ3n) is 1.09. The Balaban J connectivity index is 2.83. The lowest BCUT2D eigenvalue weighted by molar-refractivity contribution is 0.318. The molecular formula is C6H6ClNO. The molecule has 0 saturated carbocycles. The van der Waals surface area contributed by atoms with Gasteiger partial charge in [0.25, 0.3) is 0 Å². The minimum atomic E-state index is 0.514. The summed E-state index contributed by atoms with van der Waals surface area (Å²) in [5.41, 5.74) is 0.527. The monoisotopic (exact) mass is 143 g/mol. The number of rotatable bonds is 0. The molecule has 48 valence electrons. The predicted octanol–water partition coefficient (Wildman–Crippen LogP) is 1.90. The molecule has 0 fully saturated rings. The van der Waals surface area contributed by atoms with Gasteiger partial charge in [0.2, 0.25) is 0 Å². The Kier molecular flexibility index (Phi) is 1.90. The maximum absolute atomic E-state index is 8.29. The quantitative estimate of drug-likeness (QED) is 0.408. The molecule has 0 bridgehead atoms. The summed E-state index contributed by atoms with van der Waals surface area (Å²) in [6.45, 7) is 0. The fourth-order valence-electron chi connectivity index (χ4n) is 0.614. The van der Waals surface area contributed by atoms with E-state index >= 15 is 0 Å². The summed E-state index contributed by atoms with van der Waals surface area (Å²) in [5.74, 6) is 0. The van der Waals surface area contributed by atoms with Crippen molar-refractivity contribution in [3.63, 3.8) is 0 Å². The molecule has 0 aromatic rings. The molecule has 1 N–H and O–H groups in total. The summed E-state index contributed by atoms with van der Waals surface area (Å²) >= 11 is 5.60. The number of nitrogens with zero attached hydrogens (tertiary/aromatic N) is 1. The number of oxime groups is 1. The first-order valence-corrected chi connectivity index (χ1v) is 2.96. The van der Waals surface area contributed by atoms with Gasteiger partial charge >= 0.3 is 0 Å². The molecule has 0 aromatic carbocycles. The van der Waals surface area contributed by atoms with E-state index in [0.717, 1.165) is 0 Å². The van der Waals surface area contributed by atoms with E-state index in [-0.39, 0.29) is 0 Å². The molecule has 0 aliphatic heterocycles. The fraction of sp³-hybridized carbons (Fsp3) is 0.167. The van der Waals surface area contributed by atoms with Gasteiger partial charge in [0.1, 0.15) is 5.71 Å². The molecule has 1 aliphatic carbocycles. The zero-order chi connectivity index (χ0) is 6.69. The summed E-state index contributed by atoms with van der Waals surface area (Å²) in [4.78, 5) is 0. The molecule has 2 nitrogen and oxygen atoms in total. The van der Waals surface area contributed by atoms with Gasteiger partial charge < -0.3 is 5.21 Å². The van der Waals surface area contributed by atoms with Gasteiger partial charge in [-0.2, -0.15) is 0 Å². The van der Waals surface area contributed by atoms with Crippen LogP contribution in [-0.4, -0.2) is 10.9 Å². The van der Waals surface area contributed by atoms with E-state index in [2.05, 4.69) is 5.16 Å².